The van der Waals surface area contributed by atoms with Crippen LogP contribution in [-0.2, 0) is 38.0 Å². The van der Waals surface area contributed by atoms with Gasteiger partial charge in [0.1, 0.15) is 12.9 Å². The van der Waals surface area contributed by atoms with E-state index in [9.17, 15) is 9.59 Å². The van der Waals surface area contributed by atoms with E-state index < -0.39 is 0 Å². The first-order chi connectivity index (χ1) is 16.1. The van der Waals surface area contributed by atoms with Crippen LogP contribution in [0.2, 0.25) is 0 Å². The Morgan fingerprint density at radius 3 is 1.64 bits per heavy atom. The van der Waals surface area contributed by atoms with Crippen LogP contribution in [0.25, 0.3) is 0 Å². The fraction of sp³-hybridized carbons (Fsp3) is 0.909. The zero-order valence-electron chi connectivity index (χ0n) is 20.2. The summed E-state index contributed by atoms with van der Waals surface area (Å²) in [7, 11) is 3.21. The van der Waals surface area contributed by atoms with Gasteiger partial charge in [-0.15, -0.1) is 0 Å². The minimum absolute atomic E-state index is 0.203. The SMILES string of the molecule is COCCC=O.COCCOCCOCCOCCOCCOC(=O)NC1CCC(S)CC1. The lowest BCUT2D eigenvalue weighted by atomic mass is 9.95. The fourth-order valence-corrected chi connectivity index (χ4v) is 2.99. The van der Waals surface area contributed by atoms with Crippen molar-refractivity contribution in [3.63, 3.8) is 0 Å². The second kappa shape index (κ2) is 25.7. The summed E-state index contributed by atoms with van der Waals surface area (Å²) in [6, 6.07) is 0.203. The Balaban J connectivity index is 0.00000150. The van der Waals surface area contributed by atoms with E-state index in [4.69, 9.17) is 28.4 Å². The lowest BCUT2D eigenvalue weighted by Gasteiger charge is -2.26. The number of amides is 1. The molecular formula is C22H43NO9S. The molecule has 0 atom stereocenters. The van der Waals surface area contributed by atoms with E-state index in [1.807, 2.05) is 0 Å². The molecule has 0 aromatic heterocycles. The van der Waals surface area contributed by atoms with Crippen LogP contribution in [0.3, 0.4) is 0 Å². The van der Waals surface area contributed by atoms with Gasteiger partial charge in [-0.25, -0.2) is 4.79 Å². The number of thiol groups is 1. The number of nitrogens with one attached hydrogen (secondary N) is 1. The predicted molar refractivity (Wildman–Crippen MR) is 127 cm³/mol. The van der Waals surface area contributed by atoms with Crippen molar-refractivity contribution in [2.45, 2.75) is 43.4 Å². The quantitative estimate of drug-likeness (QED) is 0.157. The van der Waals surface area contributed by atoms with Crippen LogP contribution in [0.5, 0.6) is 0 Å². The summed E-state index contributed by atoms with van der Waals surface area (Å²) in [5.41, 5.74) is 0. The van der Waals surface area contributed by atoms with Crippen molar-refractivity contribution in [2.24, 2.45) is 0 Å². The van der Waals surface area contributed by atoms with Gasteiger partial charge in [0.2, 0.25) is 0 Å². The maximum absolute atomic E-state index is 11.7. The molecule has 1 fully saturated rings. The van der Waals surface area contributed by atoms with Crippen LogP contribution in [0.15, 0.2) is 0 Å². The molecule has 0 aliphatic heterocycles. The molecule has 33 heavy (non-hydrogen) atoms. The van der Waals surface area contributed by atoms with Crippen molar-refractivity contribution < 1.29 is 42.7 Å². The highest BCUT2D eigenvalue weighted by Crippen LogP contribution is 2.22. The first kappa shape index (κ1) is 32.0. The van der Waals surface area contributed by atoms with Crippen LogP contribution in [0.1, 0.15) is 32.1 Å². The summed E-state index contributed by atoms with van der Waals surface area (Å²) in [5, 5.41) is 3.34. The lowest BCUT2D eigenvalue weighted by Crippen LogP contribution is -2.38. The van der Waals surface area contributed by atoms with Gasteiger partial charge < -0.3 is 43.3 Å². The van der Waals surface area contributed by atoms with Gasteiger partial charge in [0.25, 0.3) is 0 Å². The van der Waals surface area contributed by atoms with Crippen LogP contribution in [-0.4, -0.2) is 111 Å². The summed E-state index contributed by atoms with van der Waals surface area (Å²) in [5.74, 6) is 0. The minimum atomic E-state index is -0.374. The standard InChI is InChI=1S/C18H35NO7S.C4H8O2/c1-21-6-7-22-8-9-23-10-11-24-12-13-25-14-15-26-18(20)19-16-2-4-17(27)5-3-16;1-6-4-2-3-5/h16-17,27H,2-15H2,1H3,(H,19,20);3H,2,4H2,1H3. The van der Waals surface area contributed by atoms with Crippen molar-refractivity contribution in [2.75, 3.05) is 86.9 Å². The molecule has 0 spiro atoms. The number of carbonyl (C=O) groups excluding carboxylic acids is 2. The van der Waals surface area contributed by atoms with Gasteiger partial charge in [-0.05, 0) is 25.7 Å². The highest BCUT2D eigenvalue weighted by atomic mass is 32.1. The van der Waals surface area contributed by atoms with Gasteiger partial charge in [0.05, 0.1) is 66.1 Å². The third kappa shape index (κ3) is 24.0. The van der Waals surface area contributed by atoms with Crippen molar-refractivity contribution in [1.29, 1.82) is 0 Å². The Kier molecular flexibility index (Phi) is 24.9. The Morgan fingerprint density at radius 1 is 0.758 bits per heavy atom. The smallest absolute Gasteiger partial charge is 0.407 e. The molecule has 1 saturated carbocycles. The molecule has 10 nitrogen and oxygen atoms in total. The molecule has 0 radical (unpaired) electrons. The maximum Gasteiger partial charge on any atom is 0.407 e. The van der Waals surface area contributed by atoms with Gasteiger partial charge in [0, 0.05) is 31.9 Å². The zero-order valence-corrected chi connectivity index (χ0v) is 21.1. The zero-order chi connectivity index (χ0) is 24.4. The summed E-state index contributed by atoms with van der Waals surface area (Å²) in [4.78, 5) is 21.1. The molecule has 11 heteroatoms. The van der Waals surface area contributed by atoms with Gasteiger partial charge in [0.15, 0.2) is 0 Å². The van der Waals surface area contributed by atoms with Crippen LogP contribution in [0.4, 0.5) is 4.79 Å². The lowest BCUT2D eigenvalue weighted by molar-refractivity contribution is -0.108. The third-order valence-corrected chi connectivity index (χ3v) is 4.98. The highest BCUT2D eigenvalue weighted by Gasteiger charge is 2.20. The second-order valence-corrected chi connectivity index (χ2v) is 7.91. The molecule has 0 aromatic carbocycles. The molecule has 1 N–H and O–H groups in total. The molecule has 1 aliphatic carbocycles. The molecule has 0 heterocycles. The molecule has 1 aliphatic rings. The van der Waals surface area contributed by atoms with Gasteiger partial charge >= 0.3 is 6.09 Å². The number of hydrogen-bond acceptors (Lipinski definition) is 10. The van der Waals surface area contributed by atoms with E-state index in [0.29, 0.717) is 77.7 Å². The number of alkyl carbamates (subject to hydrolysis) is 1. The Bertz CT molecular complexity index is 438. The second-order valence-electron chi connectivity index (χ2n) is 7.18. The van der Waals surface area contributed by atoms with Gasteiger partial charge in [-0.1, -0.05) is 0 Å². The molecule has 0 bridgehead atoms. The van der Waals surface area contributed by atoms with E-state index >= 15 is 0 Å². The normalized spacial score (nSPS) is 17.7. The number of hydrogen-bond donors (Lipinski definition) is 2. The maximum atomic E-state index is 11.7. The molecule has 0 unspecified atom stereocenters. The molecular weight excluding hydrogens is 454 g/mol. The van der Waals surface area contributed by atoms with E-state index in [1.54, 1.807) is 14.2 Å². The van der Waals surface area contributed by atoms with Crippen molar-refractivity contribution in [3.8, 4) is 0 Å². The van der Waals surface area contributed by atoms with E-state index in [1.165, 1.54) is 0 Å². The molecule has 1 amide bonds. The van der Waals surface area contributed by atoms with E-state index in [-0.39, 0.29) is 18.7 Å². The molecule has 0 aromatic rings. The number of methoxy groups -OCH3 is 2. The van der Waals surface area contributed by atoms with E-state index in [2.05, 4.69) is 22.7 Å². The molecule has 1 rings (SSSR count). The third-order valence-electron chi connectivity index (χ3n) is 4.47. The summed E-state index contributed by atoms with van der Waals surface area (Å²) < 4.78 is 35.9. The Labute approximate surface area is 203 Å². The first-order valence-corrected chi connectivity index (χ1v) is 12.0. The predicted octanol–water partition coefficient (Wildman–Crippen LogP) is 1.89. The van der Waals surface area contributed by atoms with Gasteiger partial charge in [-0.3, -0.25) is 0 Å². The summed E-state index contributed by atoms with van der Waals surface area (Å²) in [6.45, 7) is 5.37. The average Bonchev–Trinajstić information content (AvgIpc) is 2.82. The Morgan fingerprint density at radius 2 is 1.21 bits per heavy atom. The monoisotopic (exact) mass is 497 g/mol. The first-order valence-electron chi connectivity index (χ1n) is 11.5. The molecule has 196 valence electrons. The Hall–Kier alpha value is -0.950. The van der Waals surface area contributed by atoms with Crippen LogP contribution < -0.4 is 5.32 Å². The van der Waals surface area contributed by atoms with E-state index in [0.717, 1.165) is 32.0 Å². The number of aldehydes is 1. The minimum Gasteiger partial charge on any atom is -0.447 e. The largest absolute Gasteiger partial charge is 0.447 e. The molecule has 0 saturated heterocycles. The number of carbonyl (C=O) groups is 2. The van der Waals surface area contributed by atoms with Crippen molar-refractivity contribution >= 4 is 25.0 Å². The van der Waals surface area contributed by atoms with Crippen LogP contribution in [0, 0.1) is 0 Å². The average molecular weight is 498 g/mol. The fourth-order valence-electron chi connectivity index (χ4n) is 2.69. The number of rotatable bonds is 19. The highest BCUT2D eigenvalue weighted by molar-refractivity contribution is 7.80. The van der Waals surface area contributed by atoms with Crippen molar-refractivity contribution in [3.05, 3.63) is 0 Å². The number of ether oxygens (including phenoxy) is 7. The van der Waals surface area contributed by atoms with Gasteiger partial charge in [-0.2, -0.15) is 12.6 Å². The summed E-state index contributed by atoms with van der Waals surface area (Å²) >= 11 is 4.45. The van der Waals surface area contributed by atoms with Crippen molar-refractivity contribution in [1.82, 2.24) is 5.32 Å². The topological polar surface area (TPSA) is 111 Å². The summed E-state index contributed by atoms with van der Waals surface area (Å²) in [6.07, 6.45) is 4.96. The van der Waals surface area contributed by atoms with Crippen LogP contribution >= 0.6 is 12.6 Å².